The van der Waals surface area contributed by atoms with Crippen LogP contribution in [0.2, 0.25) is 0 Å². The molecule has 2 aromatic rings. The molecule has 2 N–H and O–H groups in total. The lowest BCUT2D eigenvalue weighted by atomic mass is 10.2. The van der Waals surface area contributed by atoms with E-state index in [2.05, 4.69) is 5.10 Å². The van der Waals surface area contributed by atoms with Crippen molar-refractivity contribution in [2.24, 2.45) is 0 Å². The van der Waals surface area contributed by atoms with Crippen LogP contribution in [0.4, 0.5) is 5.69 Å². The SMILES string of the molecule is CCn1nc(C)cc1CS(=O)(=O)c1cccc(N)c1C. The molecule has 0 amide bonds. The molecule has 0 aliphatic rings. The lowest BCUT2D eigenvalue weighted by Gasteiger charge is -2.10. The van der Waals surface area contributed by atoms with E-state index < -0.39 is 9.84 Å². The fourth-order valence-electron chi connectivity index (χ4n) is 2.23. The molecule has 1 heterocycles. The van der Waals surface area contributed by atoms with Gasteiger partial charge in [0.15, 0.2) is 9.84 Å². The molecular formula is C14H19N3O2S. The predicted octanol–water partition coefficient (Wildman–Crippen LogP) is 2.08. The molecule has 0 aliphatic carbocycles. The first kappa shape index (κ1) is 14.6. The Balaban J connectivity index is 2.43. The van der Waals surface area contributed by atoms with Crippen LogP contribution in [0.1, 0.15) is 23.9 Å². The standard InChI is InChI=1S/C14H19N3O2S/c1-4-17-12(8-10(2)16-17)9-20(18,19)14-7-5-6-13(15)11(14)3/h5-8H,4,9,15H2,1-3H3. The van der Waals surface area contributed by atoms with Crippen molar-refractivity contribution in [1.82, 2.24) is 9.78 Å². The second kappa shape index (κ2) is 5.28. The minimum absolute atomic E-state index is 0.0635. The number of nitrogens with two attached hydrogens (primary N) is 1. The Bertz CT molecular complexity index is 733. The van der Waals surface area contributed by atoms with Crippen molar-refractivity contribution in [3.8, 4) is 0 Å². The molecule has 0 unspecified atom stereocenters. The van der Waals surface area contributed by atoms with E-state index in [1.54, 1.807) is 29.8 Å². The van der Waals surface area contributed by atoms with Gasteiger partial charge in [-0.1, -0.05) is 6.07 Å². The average Bonchev–Trinajstić information content (AvgIpc) is 2.71. The number of aryl methyl sites for hydroxylation is 2. The van der Waals surface area contributed by atoms with Crippen LogP contribution in [0, 0.1) is 13.8 Å². The maximum absolute atomic E-state index is 12.6. The van der Waals surface area contributed by atoms with Gasteiger partial charge in [0.25, 0.3) is 0 Å². The van der Waals surface area contributed by atoms with Crippen molar-refractivity contribution in [3.05, 3.63) is 41.2 Å². The molecule has 0 atom stereocenters. The topological polar surface area (TPSA) is 78.0 Å². The zero-order valence-electron chi connectivity index (χ0n) is 11.9. The number of hydrogen-bond acceptors (Lipinski definition) is 4. The zero-order valence-corrected chi connectivity index (χ0v) is 12.7. The lowest BCUT2D eigenvalue weighted by molar-refractivity contribution is 0.585. The summed E-state index contributed by atoms with van der Waals surface area (Å²) in [5.74, 6) is -0.0635. The first-order valence-corrected chi connectivity index (χ1v) is 8.11. The molecule has 6 heteroatoms. The number of anilines is 1. The van der Waals surface area contributed by atoms with Gasteiger partial charge in [0.1, 0.15) is 0 Å². The molecular weight excluding hydrogens is 274 g/mol. The van der Waals surface area contributed by atoms with E-state index >= 15 is 0 Å². The van der Waals surface area contributed by atoms with Crippen molar-refractivity contribution in [2.45, 2.75) is 38.0 Å². The second-order valence-electron chi connectivity index (χ2n) is 4.82. The summed E-state index contributed by atoms with van der Waals surface area (Å²) in [6.07, 6.45) is 0. The van der Waals surface area contributed by atoms with E-state index in [-0.39, 0.29) is 5.75 Å². The molecule has 0 spiro atoms. The van der Waals surface area contributed by atoms with Crippen LogP contribution in [0.15, 0.2) is 29.2 Å². The van der Waals surface area contributed by atoms with Gasteiger partial charge < -0.3 is 5.73 Å². The van der Waals surface area contributed by atoms with Crippen molar-refractivity contribution in [1.29, 1.82) is 0 Å². The molecule has 5 nitrogen and oxygen atoms in total. The van der Waals surface area contributed by atoms with Crippen LogP contribution in [-0.4, -0.2) is 18.2 Å². The minimum atomic E-state index is -3.43. The molecule has 0 fully saturated rings. The fourth-order valence-corrected chi connectivity index (χ4v) is 3.88. The van der Waals surface area contributed by atoms with E-state index in [0.717, 1.165) is 5.69 Å². The van der Waals surface area contributed by atoms with E-state index in [1.807, 2.05) is 19.9 Å². The molecule has 0 saturated carbocycles. The van der Waals surface area contributed by atoms with Crippen LogP contribution in [0.25, 0.3) is 0 Å². The Labute approximate surface area is 119 Å². The number of benzene rings is 1. The number of rotatable bonds is 4. The smallest absolute Gasteiger partial charge is 0.184 e. The van der Waals surface area contributed by atoms with Gasteiger partial charge >= 0.3 is 0 Å². The van der Waals surface area contributed by atoms with Gasteiger partial charge in [-0.25, -0.2) is 8.42 Å². The number of nitrogens with zero attached hydrogens (tertiary/aromatic N) is 2. The minimum Gasteiger partial charge on any atom is -0.398 e. The third kappa shape index (κ3) is 2.70. The van der Waals surface area contributed by atoms with Crippen LogP contribution in [0.3, 0.4) is 0 Å². The highest BCUT2D eigenvalue weighted by Gasteiger charge is 2.21. The number of sulfone groups is 1. The van der Waals surface area contributed by atoms with E-state index in [0.29, 0.717) is 28.4 Å². The molecule has 108 valence electrons. The Morgan fingerprint density at radius 1 is 1.30 bits per heavy atom. The monoisotopic (exact) mass is 293 g/mol. The van der Waals surface area contributed by atoms with Gasteiger partial charge in [0.05, 0.1) is 22.0 Å². The van der Waals surface area contributed by atoms with Crippen molar-refractivity contribution in [3.63, 3.8) is 0 Å². The summed E-state index contributed by atoms with van der Waals surface area (Å²) in [6, 6.07) is 6.77. The molecule has 2 rings (SSSR count). The highest BCUT2D eigenvalue weighted by Crippen LogP contribution is 2.24. The molecule has 0 bridgehead atoms. The number of aromatic nitrogens is 2. The Kier molecular flexibility index (Phi) is 3.85. The van der Waals surface area contributed by atoms with E-state index in [4.69, 9.17) is 5.73 Å². The molecule has 0 saturated heterocycles. The molecule has 0 radical (unpaired) electrons. The highest BCUT2D eigenvalue weighted by molar-refractivity contribution is 7.90. The van der Waals surface area contributed by atoms with E-state index in [1.165, 1.54) is 0 Å². The Morgan fingerprint density at radius 2 is 2.00 bits per heavy atom. The summed E-state index contributed by atoms with van der Waals surface area (Å²) in [6.45, 7) is 6.17. The van der Waals surface area contributed by atoms with Gasteiger partial charge in [0.2, 0.25) is 0 Å². The van der Waals surface area contributed by atoms with E-state index in [9.17, 15) is 8.42 Å². The fraction of sp³-hybridized carbons (Fsp3) is 0.357. The largest absolute Gasteiger partial charge is 0.398 e. The number of hydrogen-bond donors (Lipinski definition) is 1. The summed E-state index contributed by atoms with van der Waals surface area (Å²) in [7, 11) is -3.43. The zero-order chi connectivity index (χ0) is 14.9. The van der Waals surface area contributed by atoms with Gasteiger partial charge in [-0.05, 0) is 44.5 Å². The molecule has 1 aromatic carbocycles. The summed E-state index contributed by atoms with van der Waals surface area (Å²) in [5.41, 5.74) is 8.41. The van der Waals surface area contributed by atoms with Gasteiger partial charge in [-0.3, -0.25) is 4.68 Å². The second-order valence-corrected chi connectivity index (χ2v) is 6.78. The van der Waals surface area contributed by atoms with Crippen molar-refractivity contribution in [2.75, 3.05) is 5.73 Å². The van der Waals surface area contributed by atoms with Crippen molar-refractivity contribution >= 4 is 15.5 Å². The van der Waals surface area contributed by atoms with Crippen LogP contribution in [0.5, 0.6) is 0 Å². The Hall–Kier alpha value is -1.82. The van der Waals surface area contributed by atoms with Gasteiger partial charge in [-0.2, -0.15) is 5.10 Å². The normalized spacial score (nSPS) is 11.8. The van der Waals surface area contributed by atoms with Crippen molar-refractivity contribution < 1.29 is 8.42 Å². The summed E-state index contributed by atoms with van der Waals surface area (Å²) >= 11 is 0. The van der Waals surface area contributed by atoms with Gasteiger partial charge in [0, 0.05) is 12.2 Å². The summed E-state index contributed by atoms with van der Waals surface area (Å²) in [4.78, 5) is 0.291. The van der Waals surface area contributed by atoms with Crippen LogP contribution in [-0.2, 0) is 22.1 Å². The number of nitrogen functional groups attached to an aromatic ring is 1. The quantitative estimate of drug-likeness (QED) is 0.875. The lowest BCUT2D eigenvalue weighted by Crippen LogP contribution is -2.12. The Morgan fingerprint density at radius 3 is 2.65 bits per heavy atom. The third-order valence-electron chi connectivity index (χ3n) is 3.28. The first-order valence-electron chi connectivity index (χ1n) is 6.46. The molecule has 20 heavy (non-hydrogen) atoms. The summed E-state index contributed by atoms with van der Waals surface area (Å²) < 4.78 is 26.8. The first-order chi connectivity index (χ1) is 9.35. The molecule has 0 aliphatic heterocycles. The highest BCUT2D eigenvalue weighted by atomic mass is 32.2. The maximum atomic E-state index is 12.6. The van der Waals surface area contributed by atoms with Crippen LogP contribution < -0.4 is 5.73 Å². The third-order valence-corrected chi connectivity index (χ3v) is 5.07. The maximum Gasteiger partial charge on any atom is 0.184 e. The predicted molar refractivity (Wildman–Crippen MR) is 79.1 cm³/mol. The average molecular weight is 293 g/mol. The van der Waals surface area contributed by atoms with Gasteiger partial charge in [-0.15, -0.1) is 0 Å². The molecule has 1 aromatic heterocycles. The summed E-state index contributed by atoms with van der Waals surface area (Å²) in [5, 5.41) is 4.27. The van der Waals surface area contributed by atoms with Crippen LogP contribution >= 0.6 is 0 Å².